The molecule has 1 aromatic heterocycles. The maximum absolute atomic E-state index is 12.1. The number of hydrogen-bond acceptors (Lipinski definition) is 3. The number of aryl methyl sites for hydroxylation is 1. The summed E-state index contributed by atoms with van der Waals surface area (Å²) in [6, 6.07) is 11.4. The maximum atomic E-state index is 12.1. The van der Waals surface area contributed by atoms with Crippen molar-refractivity contribution in [3.05, 3.63) is 65.0 Å². The molecule has 0 spiro atoms. The number of benzene rings is 1. The van der Waals surface area contributed by atoms with Crippen LogP contribution in [0.15, 0.2) is 42.7 Å². The molecule has 1 heterocycles. The lowest BCUT2D eigenvalue weighted by Gasteiger charge is -2.22. The molecule has 2 fully saturated rings. The first-order valence-electron chi connectivity index (χ1n) is 9.22. The Bertz CT molecular complexity index is 748. The number of carbonyl (C=O) groups is 1. The molecule has 0 unspecified atom stereocenters. The van der Waals surface area contributed by atoms with Crippen molar-refractivity contribution in [1.82, 2.24) is 15.2 Å². The molecule has 1 amide bonds. The molecule has 0 radical (unpaired) electrons. The van der Waals surface area contributed by atoms with E-state index in [0.29, 0.717) is 12.1 Å². The molecule has 2 aliphatic rings. The van der Waals surface area contributed by atoms with Crippen LogP contribution in [0.4, 0.5) is 0 Å². The highest BCUT2D eigenvalue weighted by molar-refractivity contribution is 5.94. The fourth-order valence-electron chi connectivity index (χ4n) is 3.18. The second-order valence-electron chi connectivity index (χ2n) is 7.45. The summed E-state index contributed by atoms with van der Waals surface area (Å²) in [5.74, 6) is 0.0546. The molecular weight excluding hydrogens is 310 g/mol. The minimum atomic E-state index is 0.0546. The molecule has 0 saturated heterocycles. The normalized spacial score (nSPS) is 16.9. The van der Waals surface area contributed by atoms with Crippen LogP contribution in [0.3, 0.4) is 0 Å². The van der Waals surface area contributed by atoms with Gasteiger partial charge in [0, 0.05) is 43.1 Å². The molecule has 4 heteroatoms. The number of pyridine rings is 1. The highest BCUT2D eigenvalue weighted by atomic mass is 16.1. The fraction of sp³-hybridized carbons (Fsp3) is 0.429. The van der Waals surface area contributed by atoms with Crippen LogP contribution in [0.1, 0.15) is 52.7 Å². The van der Waals surface area contributed by atoms with Gasteiger partial charge in [0.15, 0.2) is 0 Å². The van der Waals surface area contributed by atoms with E-state index in [2.05, 4.69) is 40.3 Å². The van der Waals surface area contributed by atoms with Gasteiger partial charge in [0.2, 0.25) is 0 Å². The lowest BCUT2D eigenvalue weighted by molar-refractivity contribution is 0.0951. The first kappa shape index (κ1) is 16.3. The van der Waals surface area contributed by atoms with Gasteiger partial charge in [0.25, 0.3) is 5.91 Å². The summed E-state index contributed by atoms with van der Waals surface area (Å²) in [6.45, 7) is 3.94. The molecule has 1 N–H and O–H groups in total. The van der Waals surface area contributed by atoms with Gasteiger partial charge < -0.3 is 5.32 Å². The molecule has 0 aliphatic heterocycles. The second-order valence-corrected chi connectivity index (χ2v) is 7.45. The third-order valence-electron chi connectivity index (χ3n) is 4.89. The number of aromatic nitrogens is 1. The van der Waals surface area contributed by atoms with Crippen LogP contribution in [-0.4, -0.2) is 27.9 Å². The van der Waals surface area contributed by atoms with Gasteiger partial charge in [-0.2, -0.15) is 0 Å². The van der Waals surface area contributed by atoms with Gasteiger partial charge in [-0.1, -0.05) is 18.2 Å². The van der Waals surface area contributed by atoms with E-state index in [1.807, 2.05) is 24.5 Å². The van der Waals surface area contributed by atoms with Crippen LogP contribution in [0, 0.1) is 6.92 Å². The average molecular weight is 335 g/mol. The van der Waals surface area contributed by atoms with Gasteiger partial charge in [-0.25, -0.2) is 0 Å². The summed E-state index contributed by atoms with van der Waals surface area (Å²) in [5, 5.41) is 3.04. The van der Waals surface area contributed by atoms with Crippen LogP contribution in [-0.2, 0) is 13.1 Å². The summed E-state index contributed by atoms with van der Waals surface area (Å²) < 4.78 is 0. The molecule has 0 bridgehead atoms. The third kappa shape index (κ3) is 4.45. The Kier molecular flexibility index (Phi) is 4.53. The molecule has 4 nitrogen and oxygen atoms in total. The van der Waals surface area contributed by atoms with E-state index in [0.717, 1.165) is 31.5 Å². The first-order chi connectivity index (χ1) is 12.2. The zero-order valence-corrected chi connectivity index (χ0v) is 14.7. The summed E-state index contributed by atoms with van der Waals surface area (Å²) >= 11 is 0. The monoisotopic (exact) mass is 335 g/mol. The number of nitrogens with zero attached hydrogens (tertiary/aromatic N) is 2. The zero-order chi connectivity index (χ0) is 17.2. The molecule has 2 saturated carbocycles. The van der Waals surface area contributed by atoms with Gasteiger partial charge in [0.05, 0.1) is 0 Å². The highest BCUT2D eigenvalue weighted by Gasteiger charge is 2.29. The standard InChI is InChI=1S/C21H25N3O/c1-15-10-17(12-22-11-15)14-24(20-8-9-20)13-16-2-4-18(5-3-16)21(25)23-19-6-7-19/h2-5,10-12,19-20H,6-9,13-14H2,1H3,(H,23,25). The smallest absolute Gasteiger partial charge is 0.251 e. The molecule has 0 atom stereocenters. The summed E-state index contributed by atoms with van der Waals surface area (Å²) in [4.78, 5) is 18.9. The van der Waals surface area contributed by atoms with E-state index < -0.39 is 0 Å². The van der Waals surface area contributed by atoms with Crippen LogP contribution in [0.5, 0.6) is 0 Å². The number of carbonyl (C=O) groups excluding carboxylic acids is 1. The van der Waals surface area contributed by atoms with E-state index in [1.54, 1.807) is 0 Å². The number of amides is 1. The second kappa shape index (κ2) is 6.96. The first-order valence-corrected chi connectivity index (χ1v) is 9.22. The van der Waals surface area contributed by atoms with Gasteiger partial charge >= 0.3 is 0 Å². The highest BCUT2D eigenvalue weighted by Crippen LogP contribution is 2.30. The predicted molar refractivity (Wildman–Crippen MR) is 98.2 cm³/mol. The lowest BCUT2D eigenvalue weighted by Crippen LogP contribution is -2.26. The van der Waals surface area contributed by atoms with Crippen molar-refractivity contribution in [1.29, 1.82) is 0 Å². The van der Waals surface area contributed by atoms with E-state index in [-0.39, 0.29) is 5.91 Å². The van der Waals surface area contributed by atoms with Crippen molar-refractivity contribution in [3.8, 4) is 0 Å². The molecular formula is C21H25N3O. The lowest BCUT2D eigenvalue weighted by atomic mass is 10.1. The van der Waals surface area contributed by atoms with Crippen LogP contribution < -0.4 is 5.32 Å². The Morgan fingerprint density at radius 1 is 1.08 bits per heavy atom. The van der Waals surface area contributed by atoms with Crippen molar-refractivity contribution in [2.45, 2.75) is 57.8 Å². The van der Waals surface area contributed by atoms with Crippen molar-refractivity contribution in [2.24, 2.45) is 0 Å². The Morgan fingerprint density at radius 3 is 2.44 bits per heavy atom. The largest absolute Gasteiger partial charge is 0.349 e. The number of nitrogens with one attached hydrogen (secondary N) is 1. The minimum absolute atomic E-state index is 0.0546. The molecule has 2 aromatic rings. The Hall–Kier alpha value is -2.20. The van der Waals surface area contributed by atoms with E-state index in [4.69, 9.17) is 0 Å². The Labute approximate surface area is 149 Å². The summed E-state index contributed by atoms with van der Waals surface area (Å²) in [5.41, 5.74) is 4.50. The van der Waals surface area contributed by atoms with E-state index in [9.17, 15) is 4.79 Å². The zero-order valence-electron chi connectivity index (χ0n) is 14.7. The fourth-order valence-corrected chi connectivity index (χ4v) is 3.18. The van der Waals surface area contributed by atoms with Gasteiger partial charge in [-0.05, 0) is 61.4 Å². The third-order valence-corrected chi connectivity index (χ3v) is 4.89. The van der Waals surface area contributed by atoms with Crippen molar-refractivity contribution < 1.29 is 4.79 Å². The molecule has 2 aliphatic carbocycles. The minimum Gasteiger partial charge on any atom is -0.349 e. The van der Waals surface area contributed by atoms with Gasteiger partial charge in [0.1, 0.15) is 0 Å². The van der Waals surface area contributed by atoms with E-state index in [1.165, 1.54) is 29.5 Å². The average Bonchev–Trinajstić information content (AvgIpc) is 3.49. The van der Waals surface area contributed by atoms with Crippen LogP contribution >= 0.6 is 0 Å². The summed E-state index contributed by atoms with van der Waals surface area (Å²) in [6.07, 6.45) is 8.66. The quantitative estimate of drug-likeness (QED) is 0.843. The molecule has 130 valence electrons. The van der Waals surface area contributed by atoms with Gasteiger partial charge in [-0.3, -0.25) is 14.7 Å². The van der Waals surface area contributed by atoms with Crippen molar-refractivity contribution in [2.75, 3.05) is 0 Å². The predicted octanol–water partition coefficient (Wildman–Crippen LogP) is 3.45. The Balaban J connectivity index is 1.40. The molecule has 25 heavy (non-hydrogen) atoms. The van der Waals surface area contributed by atoms with Gasteiger partial charge in [-0.15, -0.1) is 0 Å². The summed E-state index contributed by atoms with van der Waals surface area (Å²) in [7, 11) is 0. The number of rotatable bonds is 7. The molecule has 1 aromatic carbocycles. The SMILES string of the molecule is Cc1cncc(CN(Cc2ccc(C(=O)NC3CC3)cc2)C2CC2)c1. The van der Waals surface area contributed by atoms with Crippen molar-refractivity contribution >= 4 is 5.91 Å². The van der Waals surface area contributed by atoms with Crippen LogP contribution in [0.25, 0.3) is 0 Å². The van der Waals surface area contributed by atoms with Crippen molar-refractivity contribution in [3.63, 3.8) is 0 Å². The molecule has 4 rings (SSSR count). The number of hydrogen-bond donors (Lipinski definition) is 1. The topological polar surface area (TPSA) is 45.2 Å². The maximum Gasteiger partial charge on any atom is 0.251 e. The Morgan fingerprint density at radius 2 is 1.80 bits per heavy atom. The van der Waals surface area contributed by atoms with E-state index >= 15 is 0 Å². The van der Waals surface area contributed by atoms with Crippen LogP contribution in [0.2, 0.25) is 0 Å².